The van der Waals surface area contributed by atoms with Crippen molar-refractivity contribution in [2.45, 2.75) is 31.6 Å². The highest BCUT2D eigenvalue weighted by Gasteiger charge is 2.43. The standard InChI is InChI=1S/C67H49N/c1-66(2)59-32-18-17-28-54(59)55-40-38-49(42-61(55)66)68(48-36-34-46(35-37-48)64-57-30-16-14-27-53(57)52-26-13-15-29-56(52)63(64)45-22-9-5-10-23-45)50-39-41-58-62(43-50)67(3,47-24-11-6-12-25-47)60-33-19-31-51(65(58)60)44-20-7-4-8-21-44/h4-43H,1-3H3. The van der Waals surface area contributed by atoms with Crippen LogP contribution in [-0.2, 0) is 10.8 Å². The van der Waals surface area contributed by atoms with Gasteiger partial charge in [-0.2, -0.15) is 0 Å². The summed E-state index contributed by atoms with van der Waals surface area (Å²) in [5, 5.41) is 5.05. The van der Waals surface area contributed by atoms with Gasteiger partial charge in [0.2, 0.25) is 0 Å². The van der Waals surface area contributed by atoms with Gasteiger partial charge in [-0.1, -0.05) is 220 Å². The lowest BCUT2D eigenvalue weighted by Crippen LogP contribution is -2.23. The Hall–Kier alpha value is -8.26. The smallest absolute Gasteiger partial charge is 0.0465 e. The molecule has 11 aromatic rings. The van der Waals surface area contributed by atoms with Crippen LogP contribution in [0.2, 0.25) is 0 Å². The van der Waals surface area contributed by atoms with Gasteiger partial charge in [0.15, 0.2) is 0 Å². The molecule has 0 amide bonds. The third-order valence-corrected chi connectivity index (χ3v) is 15.3. The van der Waals surface area contributed by atoms with Gasteiger partial charge >= 0.3 is 0 Å². The maximum absolute atomic E-state index is 2.49. The van der Waals surface area contributed by atoms with Crippen LogP contribution in [0.15, 0.2) is 243 Å². The summed E-state index contributed by atoms with van der Waals surface area (Å²) in [4.78, 5) is 2.49. The van der Waals surface area contributed by atoms with Crippen molar-refractivity contribution in [3.63, 3.8) is 0 Å². The third-order valence-electron chi connectivity index (χ3n) is 15.3. The second-order valence-electron chi connectivity index (χ2n) is 19.3. The van der Waals surface area contributed by atoms with Crippen molar-refractivity contribution in [1.82, 2.24) is 0 Å². The minimum absolute atomic E-state index is 0.151. The number of hydrogen-bond donors (Lipinski definition) is 0. The number of fused-ring (bicyclic) bond motifs is 9. The minimum Gasteiger partial charge on any atom is -0.310 e. The maximum atomic E-state index is 2.49. The van der Waals surface area contributed by atoms with E-state index in [-0.39, 0.29) is 5.41 Å². The molecule has 11 aromatic carbocycles. The lowest BCUT2D eigenvalue weighted by molar-refractivity contribution is 0.660. The van der Waals surface area contributed by atoms with E-state index in [9.17, 15) is 0 Å². The minimum atomic E-state index is -0.394. The Morgan fingerprint density at radius 2 is 0.735 bits per heavy atom. The number of benzene rings is 11. The van der Waals surface area contributed by atoms with Gasteiger partial charge in [0.1, 0.15) is 0 Å². The van der Waals surface area contributed by atoms with Crippen molar-refractivity contribution >= 4 is 38.6 Å². The number of hydrogen-bond acceptors (Lipinski definition) is 1. The molecule has 2 aliphatic carbocycles. The number of rotatable bonds is 7. The fourth-order valence-corrected chi connectivity index (χ4v) is 12.0. The fourth-order valence-electron chi connectivity index (χ4n) is 12.0. The molecule has 1 unspecified atom stereocenters. The Kier molecular flexibility index (Phi) is 9.07. The summed E-state index contributed by atoms with van der Waals surface area (Å²) in [5.74, 6) is 0. The topological polar surface area (TPSA) is 3.24 Å². The van der Waals surface area contributed by atoms with E-state index in [1.165, 1.54) is 105 Å². The fraction of sp³-hybridized carbons (Fsp3) is 0.0746. The molecular weight excluding hydrogens is 819 g/mol. The van der Waals surface area contributed by atoms with Crippen molar-refractivity contribution in [1.29, 1.82) is 0 Å². The molecule has 0 fully saturated rings. The molecule has 13 rings (SSSR count). The maximum Gasteiger partial charge on any atom is 0.0465 e. The van der Waals surface area contributed by atoms with E-state index in [1.54, 1.807) is 0 Å². The van der Waals surface area contributed by atoms with E-state index in [2.05, 4.69) is 268 Å². The Balaban J connectivity index is 1.03. The van der Waals surface area contributed by atoms with Gasteiger partial charge in [0, 0.05) is 27.9 Å². The monoisotopic (exact) mass is 867 g/mol. The molecule has 0 bridgehead atoms. The highest BCUT2D eigenvalue weighted by atomic mass is 15.1. The molecule has 0 radical (unpaired) electrons. The van der Waals surface area contributed by atoms with E-state index >= 15 is 0 Å². The summed E-state index contributed by atoms with van der Waals surface area (Å²) in [6, 6.07) is 90.3. The first-order valence-corrected chi connectivity index (χ1v) is 23.9. The van der Waals surface area contributed by atoms with Gasteiger partial charge in [-0.3, -0.25) is 0 Å². The van der Waals surface area contributed by atoms with Crippen LogP contribution in [0.5, 0.6) is 0 Å². The zero-order valence-corrected chi connectivity index (χ0v) is 38.5. The van der Waals surface area contributed by atoms with Crippen molar-refractivity contribution in [2.75, 3.05) is 4.90 Å². The first-order chi connectivity index (χ1) is 33.4. The summed E-state index contributed by atoms with van der Waals surface area (Å²) in [6.45, 7) is 7.18. The van der Waals surface area contributed by atoms with Gasteiger partial charge in [-0.25, -0.2) is 0 Å². The van der Waals surface area contributed by atoms with Crippen molar-refractivity contribution in [2.24, 2.45) is 0 Å². The zero-order chi connectivity index (χ0) is 45.6. The number of nitrogens with zero attached hydrogens (tertiary/aromatic N) is 1. The van der Waals surface area contributed by atoms with Gasteiger partial charge in [-0.05, 0) is 148 Å². The van der Waals surface area contributed by atoms with Crippen LogP contribution in [0.1, 0.15) is 48.6 Å². The molecule has 0 heterocycles. The van der Waals surface area contributed by atoms with Crippen LogP contribution in [0.4, 0.5) is 17.1 Å². The van der Waals surface area contributed by atoms with E-state index in [4.69, 9.17) is 0 Å². The van der Waals surface area contributed by atoms with E-state index < -0.39 is 5.41 Å². The van der Waals surface area contributed by atoms with Crippen molar-refractivity contribution in [3.05, 3.63) is 270 Å². The van der Waals surface area contributed by atoms with Crippen LogP contribution in [0.3, 0.4) is 0 Å². The molecule has 0 N–H and O–H groups in total. The Morgan fingerprint density at radius 3 is 1.38 bits per heavy atom. The molecule has 68 heavy (non-hydrogen) atoms. The lowest BCUT2D eigenvalue weighted by Gasteiger charge is -2.31. The van der Waals surface area contributed by atoms with Gasteiger partial charge in [-0.15, -0.1) is 0 Å². The van der Waals surface area contributed by atoms with Gasteiger partial charge in [0.05, 0.1) is 0 Å². The number of anilines is 3. The molecule has 1 nitrogen and oxygen atoms in total. The summed E-state index contributed by atoms with van der Waals surface area (Å²) in [5.41, 5.74) is 22.1. The highest BCUT2D eigenvalue weighted by Crippen LogP contribution is 2.57. The molecule has 2 aliphatic rings. The second-order valence-corrected chi connectivity index (χ2v) is 19.3. The van der Waals surface area contributed by atoms with Crippen LogP contribution >= 0.6 is 0 Å². The summed E-state index contributed by atoms with van der Waals surface area (Å²) in [7, 11) is 0. The third kappa shape index (κ3) is 5.95. The molecule has 0 aliphatic heterocycles. The Morgan fingerprint density at radius 1 is 0.279 bits per heavy atom. The quantitative estimate of drug-likeness (QED) is 0.144. The SMILES string of the molecule is CC1(C)c2ccccc2-c2ccc(N(c3ccc(-c4c(-c5ccccc5)c5ccccc5c5ccccc45)cc3)c3ccc4c(c3)C(C)(c3ccccc3)c3cccc(-c5ccccc5)c3-4)cc21. The molecule has 0 aromatic heterocycles. The molecule has 1 heteroatoms. The normalized spacial score (nSPS) is 15.2. The van der Waals surface area contributed by atoms with E-state index in [0.717, 1.165) is 17.1 Å². The van der Waals surface area contributed by atoms with Gasteiger partial charge < -0.3 is 4.90 Å². The highest BCUT2D eigenvalue weighted by molar-refractivity contribution is 6.21. The van der Waals surface area contributed by atoms with Crippen molar-refractivity contribution < 1.29 is 0 Å². The van der Waals surface area contributed by atoms with E-state index in [0.29, 0.717) is 0 Å². The zero-order valence-electron chi connectivity index (χ0n) is 38.5. The average Bonchev–Trinajstić information content (AvgIpc) is 3.80. The lowest BCUT2D eigenvalue weighted by atomic mass is 9.74. The Labute approximate surface area is 399 Å². The first kappa shape index (κ1) is 40.1. The molecule has 0 saturated heterocycles. The molecule has 322 valence electrons. The predicted octanol–water partition coefficient (Wildman–Crippen LogP) is 18.1. The molecule has 0 saturated carbocycles. The molecule has 1 atom stereocenters. The summed E-state index contributed by atoms with van der Waals surface area (Å²) >= 11 is 0. The molecule has 0 spiro atoms. The van der Waals surface area contributed by atoms with E-state index in [1.807, 2.05) is 0 Å². The average molecular weight is 868 g/mol. The second kappa shape index (κ2) is 15.4. The first-order valence-electron chi connectivity index (χ1n) is 23.9. The van der Waals surface area contributed by atoms with Crippen molar-refractivity contribution in [3.8, 4) is 55.6 Å². The summed E-state index contributed by atoms with van der Waals surface area (Å²) in [6.07, 6.45) is 0. The van der Waals surface area contributed by atoms with Crippen LogP contribution in [-0.4, -0.2) is 0 Å². The van der Waals surface area contributed by atoms with Crippen LogP contribution in [0.25, 0.3) is 77.2 Å². The van der Waals surface area contributed by atoms with Crippen LogP contribution in [0, 0.1) is 0 Å². The summed E-state index contributed by atoms with van der Waals surface area (Å²) < 4.78 is 0. The molecular formula is C67H49N. The largest absolute Gasteiger partial charge is 0.310 e. The van der Waals surface area contributed by atoms with Crippen LogP contribution < -0.4 is 4.90 Å². The Bertz CT molecular complexity index is 3750. The van der Waals surface area contributed by atoms with Gasteiger partial charge in [0.25, 0.3) is 0 Å². The predicted molar refractivity (Wildman–Crippen MR) is 287 cm³/mol.